The molecule has 5 nitrogen and oxygen atoms in total. The summed E-state index contributed by atoms with van der Waals surface area (Å²) in [7, 11) is -3.81. The Bertz CT molecular complexity index is 557. The summed E-state index contributed by atoms with van der Waals surface area (Å²) in [6.07, 6.45) is 0.249. The topological polar surface area (TPSA) is 83.5 Å². The first-order chi connectivity index (χ1) is 8.72. The second-order valence-electron chi connectivity index (χ2n) is 4.60. The van der Waals surface area contributed by atoms with E-state index in [4.69, 9.17) is 5.11 Å². The van der Waals surface area contributed by atoms with Gasteiger partial charge in [0.1, 0.15) is 6.04 Å². The van der Waals surface area contributed by atoms with Crippen molar-refractivity contribution < 1.29 is 18.3 Å². The van der Waals surface area contributed by atoms with Crippen LogP contribution >= 0.6 is 22.6 Å². The molecule has 0 aliphatic carbocycles. The molecule has 7 heteroatoms. The van der Waals surface area contributed by atoms with Crippen LogP contribution in [0.2, 0.25) is 0 Å². The largest absolute Gasteiger partial charge is 0.480 e. The third-order valence-corrected chi connectivity index (χ3v) is 4.55. The average molecular weight is 397 g/mol. The van der Waals surface area contributed by atoms with Crippen molar-refractivity contribution in [1.29, 1.82) is 0 Å². The van der Waals surface area contributed by atoms with Crippen molar-refractivity contribution in [2.75, 3.05) is 0 Å². The number of aliphatic carboxylic acids is 1. The number of hydrogen-bond acceptors (Lipinski definition) is 3. The number of carbonyl (C=O) groups is 1. The van der Waals surface area contributed by atoms with E-state index in [0.29, 0.717) is 0 Å². The van der Waals surface area contributed by atoms with E-state index in [1.165, 1.54) is 12.1 Å². The number of carboxylic acid groups (broad SMARTS) is 1. The van der Waals surface area contributed by atoms with Crippen molar-refractivity contribution in [1.82, 2.24) is 4.72 Å². The van der Waals surface area contributed by atoms with Gasteiger partial charge in [0.2, 0.25) is 10.0 Å². The summed E-state index contributed by atoms with van der Waals surface area (Å²) in [6.45, 7) is 3.69. The van der Waals surface area contributed by atoms with Gasteiger partial charge in [-0.3, -0.25) is 4.79 Å². The van der Waals surface area contributed by atoms with Crippen LogP contribution in [0.5, 0.6) is 0 Å². The molecule has 0 aromatic heterocycles. The van der Waals surface area contributed by atoms with E-state index in [1.54, 1.807) is 12.1 Å². The maximum atomic E-state index is 12.1. The Morgan fingerprint density at radius 1 is 1.42 bits per heavy atom. The summed E-state index contributed by atoms with van der Waals surface area (Å²) in [5.41, 5.74) is 0. The second kappa shape index (κ2) is 6.67. The van der Waals surface area contributed by atoms with Crippen LogP contribution < -0.4 is 4.72 Å². The molecule has 0 spiro atoms. The molecule has 106 valence electrons. The minimum atomic E-state index is -3.81. The quantitative estimate of drug-likeness (QED) is 0.720. The number of hydrogen-bond donors (Lipinski definition) is 2. The lowest BCUT2D eigenvalue weighted by atomic mass is 10.1. The van der Waals surface area contributed by atoms with Gasteiger partial charge in [-0.2, -0.15) is 4.72 Å². The van der Waals surface area contributed by atoms with Crippen molar-refractivity contribution in [3.05, 3.63) is 27.8 Å². The van der Waals surface area contributed by atoms with Crippen LogP contribution in [0.4, 0.5) is 0 Å². The van der Waals surface area contributed by atoms with Crippen molar-refractivity contribution in [2.45, 2.75) is 31.2 Å². The molecule has 2 N–H and O–H groups in total. The molecule has 1 rings (SSSR count). The van der Waals surface area contributed by atoms with Crippen molar-refractivity contribution >= 4 is 38.6 Å². The monoisotopic (exact) mass is 397 g/mol. The van der Waals surface area contributed by atoms with Gasteiger partial charge in [-0.1, -0.05) is 19.9 Å². The summed E-state index contributed by atoms with van der Waals surface area (Å²) in [5, 5.41) is 9.06. The highest BCUT2D eigenvalue weighted by Gasteiger charge is 2.26. The summed E-state index contributed by atoms with van der Waals surface area (Å²) in [4.78, 5) is 11.2. The minimum absolute atomic E-state index is 0.0782. The number of rotatable bonds is 6. The van der Waals surface area contributed by atoms with Gasteiger partial charge in [0.05, 0.1) is 4.90 Å². The Hall–Kier alpha value is -0.670. The minimum Gasteiger partial charge on any atom is -0.480 e. The van der Waals surface area contributed by atoms with Crippen molar-refractivity contribution in [3.63, 3.8) is 0 Å². The van der Waals surface area contributed by atoms with E-state index in [1.807, 2.05) is 36.4 Å². The first-order valence-corrected chi connectivity index (χ1v) is 8.29. The lowest BCUT2D eigenvalue weighted by Crippen LogP contribution is -2.41. The second-order valence-corrected chi connectivity index (χ2v) is 7.56. The van der Waals surface area contributed by atoms with Crippen LogP contribution in [0.3, 0.4) is 0 Å². The van der Waals surface area contributed by atoms with Crippen LogP contribution in [-0.2, 0) is 14.8 Å². The lowest BCUT2D eigenvalue weighted by molar-refractivity contribution is -0.139. The SMILES string of the molecule is CC(C)CC(NS(=O)(=O)c1cccc(I)c1)C(=O)O. The number of sulfonamides is 1. The molecule has 0 radical (unpaired) electrons. The fraction of sp³-hybridized carbons (Fsp3) is 0.417. The number of nitrogens with one attached hydrogen (secondary N) is 1. The lowest BCUT2D eigenvalue weighted by Gasteiger charge is -2.16. The van der Waals surface area contributed by atoms with E-state index < -0.39 is 22.0 Å². The molecule has 0 bridgehead atoms. The highest BCUT2D eigenvalue weighted by molar-refractivity contribution is 14.1. The van der Waals surface area contributed by atoms with Gasteiger partial charge >= 0.3 is 5.97 Å². The average Bonchev–Trinajstić information content (AvgIpc) is 2.27. The van der Waals surface area contributed by atoms with Gasteiger partial charge in [-0.05, 0) is 53.1 Å². The molecule has 19 heavy (non-hydrogen) atoms. The first kappa shape index (κ1) is 16.4. The normalized spacial score (nSPS) is 13.5. The maximum absolute atomic E-state index is 12.1. The fourth-order valence-corrected chi connectivity index (χ4v) is 3.56. The van der Waals surface area contributed by atoms with E-state index in [2.05, 4.69) is 4.72 Å². The van der Waals surface area contributed by atoms with Crippen LogP contribution in [0.1, 0.15) is 20.3 Å². The van der Waals surface area contributed by atoms with Crippen LogP contribution in [0, 0.1) is 9.49 Å². The van der Waals surface area contributed by atoms with Gasteiger partial charge < -0.3 is 5.11 Å². The highest BCUT2D eigenvalue weighted by atomic mass is 127. The molecule has 0 amide bonds. The molecule has 1 aromatic rings. The van der Waals surface area contributed by atoms with E-state index in [-0.39, 0.29) is 17.2 Å². The van der Waals surface area contributed by atoms with Crippen molar-refractivity contribution in [2.24, 2.45) is 5.92 Å². The van der Waals surface area contributed by atoms with Gasteiger partial charge in [-0.15, -0.1) is 0 Å². The molecule has 1 atom stereocenters. The summed E-state index contributed by atoms with van der Waals surface area (Å²) >= 11 is 2.00. The molecule has 0 saturated carbocycles. The zero-order valence-corrected chi connectivity index (χ0v) is 13.6. The number of halogens is 1. The third-order valence-electron chi connectivity index (χ3n) is 2.41. The zero-order chi connectivity index (χ0) is 14.6. The van der Waals surface area contributed by atoms with Crippen LogP contribution in [0.15, 0.2) is 29.2 Å². The van der Waals surface area contributed by atoms with Crippen LogP contribution in [-0.4, -0.2) is 25.5 Å². The number of benzene rings is 1. The van der Waals surface area contributed by atoms with Gasteiger partial charge in [-0.25, -0.2) is 8.42 Å². The standard InChI is InChI=1S/C12H16INO4S/c1-8(2)6-11(12(15)16)14-19(17,18)10-5-3-4-9(13)7-10/h3-5,7-8,11,14H,6H2,1-2H3,(H,15,16). The molecule has 1 unspecified atom stereocenters. The molecule has 0 fully saturated rings. The molecule has 0 aliphatic rings. The predicted octanol–water partition coefficient (Wildman–Crippen LogP) is 2.07. The zero-order valence-electron chi connectivity index (χ0n) is 10.6. The van der Waals surface area contributed by atoms with Gasteiger partial charge in [0.15, 0.2) is 0 Å². The molecular formula is C12H16INO4S. The van der Waals surface area contributed by atoms with E-state index in [0.717, 1.165) is 3.57 Å². The predicted molar refractivity (Wildman–Crippen MR) is 80.4 cm³/mol. The summed E-state index contributed by atoms with van der Waals surface area (Å²) < 4.78 is 27.2. The smallest absolute Gasteiger partial charge is 0.321 e. The Kier molecular flexibility index (Phi) is 5.75. The molecule has 1 aromatic carbocycles. The molecule has 0 aliphatic heterocycles. The van der Waals surface area contributed by atoms with E-state index in [9.17, 15) is 13.2 Å². The summed E-state index contributed by atoms with van der Waals surface area (Å²) in [5.74, 6) is -1.08. The van der Waals surface area contributed by atoms with Gasteiger partial charge in [0.25, 0.3) is 0 Å². The molecule has 0 saturated heterocycles. The van der Waals surface area contributed by atoms with Gasteiger partial charge in [0, 0.05) is 3.57 Å². The highest BCUT2D eigenvalue weighted by Crippen LogP contribution is 2.15. The fourth-order valence-electron chi connectivity index (χ4n) is 1.56. The molecular weight excluding hydrogens is 381 g/mol. The Morgan fingerprint density at radius 2 is 2.05 bits per heavy atom. The summed E-state index contributed by atoms with van der Waals surface area (Å²) in [6, 6.07) is 5.22. The maximum Gasteiger partial charge on any atom is 0.321 e. The first-order valence-electron chi connectivity index (χ1n) is 5.73. The third kappa shape index (κ3) is 5.07. The Balaban J connectivity index is 2.97. The van der Waals surface area contributed by atoms with Crippen molar-refractivity contribution in [3.8, 4) is 0 Å². The Labute approximate surface area is 126 Å². The Morgan fingerprint density at radius 3 is 2.53 bits per heavy atom. The molecule has 0 heterocycles. The van der Waals surface area contributed by atoms with Crippen LogP contribution in [0.25, 0.3) is 0 Å². The van der Waals surface area contributed by atoms with E-state index >= 15 is 0 Å². The number of carboxylic acids is 1.